The molecule has 8 heteroatoms. The minimum atomic E-state index is -0.524. The molecule has 4 aliphatic carbocycles. The Morgan fingerprint density at radius 3 is 2.35 bits per heavy atom. The summed E-state index contributed by atoms with van der Waals surface area (Å²) in [6, 6.07) is -0.620. The molecule has 5 rings (SSSR count). The second-order valence-electron chi connectivity index (χ2n) is 12.1. The lowest BCUT2D eigenvalue weighted by atomic mass is 9.74. The van der Waals surface area contributed by atoms with E-state index >= 15 is 0 Å². The summed E-state index contributed by atoms with van der Waals surface area (Å²) in [7, 11) is 0. The highest BCUT2D eigenvalue weighted by atomic mass is 32.2. The average Bonchev–Trinajstić information content (AvgIpc) is 3.37. The van der Waals surface area contributed by atoms with Crippen molar-refractivity contribution in [3.8, 4) is 0 Å². The van der Waals surface area contributed by atoms with Gasteiger partial charge in [-0.3, -0.25) is 24.1 Å². The van der Waals surface area contributed by atoms with E-state index in [0.717, 1.165) is 49.7 Å². The third-order valence-electron chi connectivity index (χ3n) is 9.37. The van der Waals surface area contributed by atoms with E-state index in [-0.39, 0.29) is 59.7 Å². The Morgan fingerprint density at radius 1 is 0.900 bits per heavy atom. The molecule has 40 heavy (non-hydrogen) atoms. The van der Waals surface area contributed by atoms with E-state index in [4.69, 9.17) is 5.73 Å². The van der Waals surface area contributed by atoms with Crippen LogP contribution in [0, 0.1) is 17.8 Å². The van der Waals surface area contributed by atoms with Gasteiger partial charge in [0.1, 0.15) is 5.78 Å². The minimum absolute atomic E-state index is 0.101. The van der Waals surface area contributed by atoms with Crippen LogP contribution in [0.1, 0.15) is 77.0 Å². The molecule has 0 radical (unpaired) electrons. The predicted molar refractivity (Wildman–Crippen MR) is 158 cm³/mol. The smallest absolute Gasteiger partial charge is 0.242 e. The molecular weight excluding hydrogens is 522 g/mol. The molecule has 7 nitrogen and oxygen atoms in total. The van der Waals surface area contributed by atoms with Gasteiger partial charge >= 0.3 is 0 Å². The summed E-state index contributed by atoms with van der Waals surface area (Å²) in [5.41, 5.74) is 8.29. The van der Waals surface area contributed by atoms with Gasteiger partial charge in [0.25, 0.3) is 0 Å². The zero-order valence-corrected chi connectivity index (χ0v) is 24.2. The number of carbonyl (C=O) groups is 4. The number of nitrogens with one attached hydrogen (secondary N) is 1. The van der Waals surface area contributed by atoms with Gasteiger partial charge in [-0.1, -0.05) is 68.6 Å². The molecule has 5 aliphatic rings. The van der Waals surface area contributed by atoms with Crippen LogP contribution in [0.5, 0.6) is 0 Å². The summed E-state index contributed by atoms with van der Waals surface area (Å²) in [6.45, 7) is 0.436. The summed E-state index contributed by atoms with van der Waals surface area (Å²) >= 11 is 1.24. The van der Waals surface area contributed by atoms with Crippen LogP contribution < -0.4 is 11.1 Å². The number of likely N-dealkylation sites (tertiary alicyclic amines) is 1. The summed E-state index contributed by atoms with van der Waals surface area (Å²) < 4.78 is 0. The first-order valence-corrected chi connectivity index (χ1v) is 16.3. The van der Waals surface area contributed by atoms with Gasteiger partial charge in [-0.05, 0) is 55.6 Å². The number of carbonyl (C=O) groups excluding carboxylic acids is 4. The molecule has 0 aromatic heterocycles. The molecule has 1 heterocycles. The number of hydrogen-bond acceptors (Lipinski definition) is 6. The Morgan fingerprint density at radius 2 is 1.60 bits per heavy atom. The van der Waals surface area contributed by atoms with E-state index in [0.29, 0.717) is 12.3 Å². The SMILES string of the molecule is NC1C2=CC(=C/C=C\C=C/2)\C1NC(=O)CSC1CC(=O)N(CC2CCC(C(=O)C3CCCCCCC3)CC2)C1=O. The topological polar surface area (TPSA) is 110 Å². The van der Waals surface area contributed by atoms with Gasteiger partial charge < -0.3 is 11.1 Å². The van der Waals surface area contributed by atoms with Gasteiger partial charge in [-0.15, -0.1) is 11.8 Å². The lowest BCUT2D eigenvalue weighted by Gasteiger charge is -2.32. The van der Waals surface area contributed by atoms with Crippen LogP contribution >= 0.6 is 11.8 Å². The molecule has 3 amide bonds. The zero-order chi connectivity index (χ0) is 28.1. The monoisotopic (exact) mass is 565 g/mol. The molecule has 3 N–H and O–H groups in total. The predicted octanol–water partition coefficient (Wildman–Crippen LogP) is 4.39. The van der Waals surface area contributed by atoms with Crippen LogP contribution in [0.15, 0.2) is 47.6 Å². The highest BCUT2D eigenvalue weighted by molar-refractivity contribution is 8.01. The quantitative estimate of drug-likeness (QED) is 0.423. The summed E-state index contributed by atoms with van der Waals surface area (Å²) in [5, 5.41) is 2.49. The van der Waals surface area contributed by atoms with Gasteiger partial charge in [0.15, 0.2) is 0 Å². The largest absolute Gasteiger partial charge is 0.347 e. The Bertz CT molecular complexity index is 1110. The first-order valence-electron chi connectivity index (χ1n) is 15.2. The van der Waals surface area contributed by atoms with Crippen LogP contribution in [-0.2, 0) is 19.2 Å². The van der Waals surface area contributed by atoms with Crippen molar-refractivity contribution in [3.63, 3.8) is 0 Å². The van der Waals surface area contributed by atoms with Crippen molar-refractivity contribution < 1.29 is 19.2 Å². The summed E-state index contributed by atoms with van der Waals surface area (Å²) in [6.07, 6.45) is 23.6. The number of nitrogens with two attached hydrogens (primary N) is 1. The van der Waals surface area contributed by atoms with Crippen molar-refractivity contribution in [2.75, 3.05) is 12.3 Å². The minimum Gasteiger partial charge on any atom is -0.347 e. The van der Waals surface area contributed by atoms with Crippen LogP contribution in [-0.4, -0.2) is 58.0 Å². The molecule has 1 aliphatic heterocycles. The summed E-state index contributed by atoms with van der Waals surface area (Å²) in [5.74, 6) is 0.683. The number of allylic oxidation sites excluding steroid dienone is 4. The fourth-order valence-electron chi connectivity index (χ4n) is 6.99. The van der Waals surface area contributed by atoms with Crippen molar-refractivity contribution in [2.45, 2.75) is 94.4 Å². The molecule has 216 valence electrons. The molecule has 3 unspecified atom stereocenters. The van der Waals surface area contributed by atoms with Gasteiger partial charge in [-0.25, -0.2) is 0 Å². The van der Waals surface area contributed by atoms with E-state index in [2.05, 4.69) is 5.32 Å². The fourth-order valence-corrected chi connectivity index (χ4v) is 7.95. The Balaban J connectivity index is 1.06. The maximum absolute atomic E-state index is 13.2. The molecule has 3 atom stereocenters. The van der Waals surface area contributed by atoms with Crippen LogP contribution in [0.3, 0.4) is 0 Å². The van der Waals surface area contributed by atoms with Crippen LogP contribution in [0.4, 0.5) is 0 Å². The van der Waals surface area contributed by atoms with Crippen molar-refractivity contribution in [1.29, 1.82) is 0 Å². The van der Waals surface area contributed by atoms with Gasteiger partial charge in [0, 0.05) is 24.8 Å². The van der Waals surface area contributed by atoms with Gasteiger partial charge in [0.05, 0.1) is 23.1 Å². The number of hydrogen-bond donors (Lipinski definition) is 2. The van der Waals surface area contributed by atoms with Crippen molar-refractivity contribution in [3.05, 3.63) is 47.6 Å². The Labute approximate surface area is 242 Å². The number of ketones is 1. The zero-order valence-electron chi connectivity index (χ0n) is 23.4. The third-order valence-corrected chi connectivity index (χ3v) is 10.6. The molecule has 0 aromatic rings. The molecule has 0 aromatic carbocycles. The number of rotatable bonds is 8. The third kappa shape index (κ3) is 6.88. The standard InChI is InChI=1S/C32H43N3O4S/c33-29-24-11-7-4-8-12-25(17-24)30(29)34-27(36)20-40-26-18-28(37)35(32(26)39)19-21-13-15-23(16-14-21)31(38)22-9-5-2-1-3-6-10-22/h4,7-8,11-12,17,21-23,26,29-30H,1-3,5-6,9-10,13-16,18-20,33H2,(H,34,36)/b7-4?,8-4-,11-7-,12-8?,24-11?,25-12+. The maximum atomic E-state index is 13.2. The number of fused-ring (bicyclic) bond motifs is 1. The molecule has 2 bridgehead atoms. The summed E-state index contributed by atoms with van der Waals surface area (Å²) in [4.78, 5) is 53.2. The average molecular weight is 566 g/mol. The fraction of sp³-hybridized carbons (Fsp3) is 0.625. The number of imide groups is 1. The van der Waals surface area contributed by atoms with E-state index in [9.17, 15) is 19.2 Å². The second-order valence-corrected chi connectivity index (χ2v) is 13.3. The van der Waals surface area contributed by atoms with Crippen LogP contribution in [0.2, 0.25) is 0 Å². The van der Waals surface area contributed by atoms with E-state index in [1.54, 1.807) is 0 Å². The number of amides is 3. The maximum Gasteiger partial charge on any atom is 0.242 e. The first-order chi connectivity index (χ1) is 19.4. The van der Waals surface area contributed by atoms with E-state index in [1.807, 2.05) is 36.5 Å². The van der Waals surface area contributed by atoms with Crippen molar-refractivity contribution in [2.24, 2.45) is 23.5 Å². The molecular formula is C32H43N3O4S. The first kappa shape index (κ1) is 29.1. The van der Waals surface area contributed by atoms with Gasteiger partial charge in [0.2, 0.25) is 17.7 Å². The van der Waals surface area contributed by atoms with Crippen molar-refractivity contribution in [1.82, 2.24) is 10.2 Å². The normalized spacial score (nSPS) is 34.1. The van der Waals surface area contributed by atoms with E-state index in [1.165, 1.54) is 48.8 Å². The lowest BCUT2D eigenvalue weighted by Crippen LogP contribution is -2.47. The van der Waals surface area contributed by atoms with E-state index < -0.39 is 5.25 Å². The highest BCUT2D eigenvalue weighted by Gasteiger charge is 2.41. The number of nitrogens with zero attached hydrogens (tertiary/aromatic N) is 1. The Kier molecular flexibility index (Phi) is 9.79. The molecule has 3 fully saturated rings. The van der Waals surface area contributed by atoms with Crippen molar-refractivity contribution >= 4 is 35.3 Å². The second kappa shape index (κ2) is 13.5. The number of Topliss-reactive ketones (excluding diaryl/α,β-unsaturated/α-hetero) is 1. The Hall–Kier alpha value is -2.45. The molecule has 0 spiro atoms. The van der Waals surface area contributed by atoms with Crippen LogP contribution in [0.25, 0.3) is 0 Å². The highest BCUT2D eigenvalue weighted by Crippen LogP contribution is 2.36. The van der Waals surface area contributed by atoms with Gasteiger partial charge in [-0.2, -0.15) is 0 Å². The molecule has 2 saturated carbocycles. The molecule has 1 saturated heterocycles. The lowest BCUT2D eigenvalue weighted by molar-refractivity contribution is -0.139. The number of thioether (sulfide) groups is 1.